The topological polar surface area (TPSA) is 144 Å². The molecule has 0 spiro atoms. The van der Waals surface area contributed by atoms with Gasteiger partial charge in [0.25, 0.3) is 15.9 Å². The van der Waals surface area contributed by atoms with Crippen LogP contribution in [-0.4, -0.2) is 59.8 Å². The zero-order chi connectivity index (χ0) is 23.2. The minimum absolute atomic E-state index is 0.170. The van der Waals surface area contributed by atoms with Crippen LogP contribution >= 0.6 is 0 Å². The lowest BCUT2D eigenvalue weighted by molar-refractivity contribution is -0.244. The fourth-order valence-electron chi connectivity index (χ4n) is 0.992. The second-order valence-electron chi connectivity index (χ2n) is 4.31. The van der Waals surface area contributed by atoms with Crippen LogP contribution in [0.1, 0.15) is 0 Å². The second kappa shape index (κ2) is 7.12. The van der Waals surface area contributed by atoms with E-state index < -0.39 is 68.7 Å². The highest BCUT2D eigenvalue weighted by molar-refractivity contribution is 8.05. The van der Waals surface area contributed by atoms with Crippen molar-refractivity contribution in [2.45, 2.75) is 21.9 Å². The van der Waals surface area contributed by atoms with Gasteiger partial charge < -0.3 is 0 Å². The first-order valence-corrected chi connectivity index (χ1v) is 9.95. The molecular formula is C6H4F10N2O7S3. The fraction of sp³-hybridized carbons (Fsp3) is 0.833. The van der Waals surface area contributed by atoms with E-state index in [0.717, 1.165) is 0 Å². The van der Waals surface area contributed by atoms with Crippen molar-refractivity contribution in [3.05, 3.63) is 0 Å². The molecule has 1 amide bonds. The maximum atomic E-state index is 13.4. The van der Waals surface area contributed by atoms with Crippen LogP contribution < -0.4 is 8.85 Å². The molecule has 0 heterocycles. The first kappa shape index (κ1) is 26.6. The summed E-state index contributed by atoms with van der Waals surface area (Å²) in [6.45, 7) is -2.46. The third-order valence-electron chi connectivity index (χ3n) is 2.30. The number of alkyl halides is 10. The summed E-state index contributed by atoms with van der Waals surface area (Å²) in [6.07, 6.45) is 0. The zero-order valence-electron chi connectivity index (χ0n) is 12.1. The molecule has 0 saturated carbocycles. The Morgan fingerprint density at radius 3 is 1.36 bits per heavy atom. The van der Waals surface area contributed by atoms with Crippen molar-refractivity contribution in [1.29, 1.82) is 0 Å². The van der Waals surface area contributed by atoms with Gasteiger partial charge in [-0.3, -0.25) is 4.79 Å². The summed E-state index contributed by atoms with van der Waals surface area (Å²) in [7, 11) is -22.6. The molecule has 0 atom stereocenters. The predicted octanol–water partition coefficient (Wildman–Crippen LogP) is -0.00820. The van der Waals surface area contributed by atoms with Gasteiger partial charge in [-0.15, -0.1) is 0 Å². The molecule has 0 unspecified atom stereocenters. The average Bonchev–Trinajstić information content (AvgIpc) is 2.43. The lowest BCUT2D eigenvalue weighted by atomic mass is 10.3. The number of hydrogen-bond acceptors (Lipinski definition) is 7. The molecule has 0 saturated heterocycles. The molecule has 0 fully saturated rings. The van der Waals surface area contributed by atoms with Crippen LogP contribution in [0.2, 0.25) is 0 Å². The average molecular weight is 502 g/mol. The van der Waals surface area contributed by atoms with Gasteiger partial charge in [0.05, 0.1) is 0 Å². The predicted molar refractivity (Wildman–Crippen MR) is 64.9 cm³/mol. The van der Waals surface area contributed by atoms with Gasteiger partial charge in [0.1, 0.15) is 0 Å². The lowest BCUT2D eigenvalue weighted by Gasteiger charge is -2.31. The van der Waals surface area contributed by atoms with Gasteiger partial charge in [0.2, 0.25) is 0 Å². The number of carbonyl (C=O) groups is 1. The first-order valence-electron chi connectivity index (χ1n) is 5.50. The SMILES string of the molecule is O=C(CF)NS(=O)(=O)C(F)(F)C(F)(F)C(F)(F)S(=O)(=O)NS(=O)(=O)C(F)(F)F. The van der Waals surface area contributed by atoms with E-state index in [1.54, 1.807) is 0 Å². The van der Waals surface area contributed by atoms with Crippen molar-refractivity contribution in [3.8, 4) is 0 Å². The Morgan fingerprint density at radius 2 is 1.04 bits per heavy atom. The second-order valence-corrected chi connectivity index (χ2v) is 9.69. The summed E-state index contributed by atoms with van der Waals surface area (Å²) in [6, 6.07) is 0. The summed E-state index contributed by atoms with van der Waals surface area (Å²) in [5.74, 6) is -10.3. The monoisotopic (exact) mass is 502 g/mol. The molecule has 0 aromatic rings. The molecule has 0 radical (unpaired) electrons. The molecule has 0 aliphatic heterocycles. The molecule has 28 heavy (non-hydrogen) atoms. The number of sulfonamides is 3. The smallest absolute Gasteiger partial charge is 0.271 e. The van der Waals surface area contributed by atoms with E-state index in [1.165, 1.54) is 0 Å². The molecule has 2 N–H and O–H groups in total. The Bertz CT molecular complexity index is 936. The summed E-state index contributed by atoms with van der Waals surface area (Å²) in [5.41, 5.74) is -6.70. The van der Waals surface area contributed by atoms with Crippen molar-refractivity contribution in [1.82, 2.24) is 8.85 Å². The summed E-state index contributed by atoms with van der Waals surface area (Å²) in [4.78, 5) is 10.4. The van der Waals surface area contributed by atoms with E-state index in [0.29, 0.717) is 0 Å². The zero-order valence-corrected chi connectivity index (χ0v) is 14.5. The fourth-order valence-corrected chi connectivity index (χ4v) is 4.42. The van der Waals surface area contributed by atoms with E-state index in [-0.39, 0.29) is 4.72 Å². The summed E-state index contributed by atoms with van der Waals surface area (Å²) >= 11 is 0. The molecule has 0 rings (SSSR count). The Kier molecular flexibility index (Phi) is 6.76. The van der Waals surface area contributed by atoms with Gasteiger partial charge in [0, 0.05) is 0 Å². The molecule has 0 bridgehead atoms. The van der Waals surface area contributed by atoms with Gasteiger partial charge in [-0.1, -0.05) is 4.13 Å². The number of amides is 1. The van der Waals surface area contributed by atoms with Crippen molar-refractivity contribution in [2.24, 2.45) is 0 Å². The van der Waals surface area contributed by atoms with Crippen LogP contribution in [0.15, 0.2) is 0 Å². The maximum Gasteiger partial charge on any atom is 0.512 e. The van der Waals surface area contributed by atoms with E-state index >= 15 is 0 Å². The standard InChI is InChI=1S/C6H4F10N2O7S3/c7-1-2(19)17-26(20,21)4(10,11)3(8,9)5(12,13)27(22,23)18-28(24,25)6(14,15)16/h18H,1H2,(H,17,19). The van der Waals surface area contributed by atoms with Crippen LogP contribution in [0.3, 0.4) is 0 Å². The third-order valence-corrected chi connectivity index (χ3v) is 7.02. The summed E-state index contributed by atoms with van der Waals surface area (Å²) in [5, 5.41) is -14.8. The number of halogens is 10. The largest absolute Gasteiger partial charge is 0.512 e. The number of nitrogens with one attached hydrogen (secondary N) is 2. The van der Waals surface area contributed by atoms with Crippen LogP contribution in [0.5, 0.6) is 0 Å². The lowest BCUT2D eigenvalue weighted by Crippen LogP contribution is -2.65. The van der Waals surface area contributed by atoms with Gasteiger partial charge in [-0.2, -0.15) is 47.9 Å². The molecular weight excluding hydrogens is 498 g/mol. The van der Waals surface area contributed by atoms with Crippen molar-refractivity contribution in [2.75, 3.05) is 6.67 Å². The van der Waals surface area contributed by atoms with E-state index in [1.807, 2.05) is 0 Å². The Morgan fingerprint density at radius 1 is 0.679 bits per heavy atom. The normalized spacial score (nSPS) is 15.4. The molecule has 168 valence electrons. The highest BCUT2D eigenvalue weighted by Crippen LogP contribution is 2.50. The molecule has 0 aliphatic rings. The van der Waals surface area contributed by atoms with Gasteiger partial charge in [-0.25, -0.2) is 25.9 Å². The Balaban J connectivity index is 6.42. The van der Waals surface area contributed by atoms with Crippen LogP contribution in [0.4, 0.5) is 43.9 Å². The van der Waals surface area contributed by atoms with Crippen LogP contribution in [0, 0.1) is 0 Å². The minimum atomic E-state index is -7.91. The molecule has 0 aliphatic carbocycles. The van der Waals surface area contributed by atoms with Gasteiger partial charge >= 0.3 is 42.0 Å². The van der Waals surface area contributed by atoms with E-state index in [4.69, 9.17) is 0 Å². The third kappa shape index (κ3) is 4.27. The van der Waals surface area contributed by atoms with Crippen molar-refractivity contribution < 1.29 is 74.0 Å². The number of rotatable bonds is 8. The van der Waals surface area contributed by atoms with Crippen molar-refractivity contribution >= 4 is 36.0 Å². The van der Waals surface area contributed by atoms with Crippen LogP contribution in [0.25, 0.3) is 0 Å². The highest BCUT2D eigenvalue weighted by Gasteiger charge is 2.82. The van der Waals surface area contributed by atoms with Gasteiger partial charge in [0.15, 0.2) is 6.67 Å². The maximum absolute atomic E-state index is 13.4. The highest BCUT2D eigenvalue weighted by atomic mass is 32.3. The van der Waals surface area contributed by atoms with Crippen LogP contribution in [-0.2, 0) is 34.9 Å². The van der Waals surface area contributed by atoms with Crippen molar-refractivity contribution in [3.63, 3.8) is 0 Å². The number of carbonyl (C=O) groups excluding carboxylic acids is 1. The number of hydrogen-bond donors (Lipinski definition) is 2. The van der Waals surface area contributed by atoms with E-state index in [2.05, 4.69) is 0 Å². The summed E-state index contributed by atoms with van der Waals surface area (Å²) < 4.78 is 191. The Labute approximate surface area is 148 Å². The minimum Gasteiger partial charge on any atom is -0.271 e. The molecule has 22 heteroatoms. The van der Waals surface area contributed by atoms with Gasteiger partial charge in [-0.05, 0) is 0 Å². The molecule has 0 aromatic carbocycles. The molecule has 0 aromatic heterocycles. The van der Waals surface area contributed by atoms with E-state index in [9.17, 15) is 74.0 Å². The quantitative estimate of drug-likeness (QED) is 0.445. The first-order chi connectivity index (χ1) is 11.9. The molecule has 9 nitrogen and oxygen atoms in total. The Hall–Kier alpha value is -1.42.